The molecule has 1 aliphatic rings. The number of nitrogens with one attached hydrogen (secondary N) is 1. The fourth-order valence-electron chi connectivity index (χ4n) is 3.33. The van der Waals surface area contributed by atoms with E-state index in [0.29, 0.717) is 12.0 Å². The van der Waals surface area contributed by atoms with Crippen LogP contribution in [-0.4, -0.2) is 7.05 Å². The Labute approximate surface area is 119 Å². The second-order valence-electron chi connectivity index (χ2n) is 5.48. The fraction of sp³-hybridized carbons (Fsp3) is 0.412. The van der Waals surface area contributed by atoms with Gasteiger partial charge in [0, 0.05) is 16.8 Å². The van der Waals surface area contributed by atoms with E-state index < -0.39 is 0 Å². The number of benzene rings is 1. The summed E-state index contributed by atoms with van der Waals surface area (Å²) >= 11 is 1.93. The SMILES string of the molecule is CNC(c1cccc(C)c1)C1CCCc2sccc21. The van der Waals surface area contributed by atoms with Crippen molar-refractivity contribution >= 4 is 11.3 Å². The molecule has 1 nitrogen and oxygen atoms in total. The predicted molar refractivity (Wildman–Crippen MR) is 83.0 cm³/mol. The van der Waals surface area contributed by atoms with Crippen molar-refractivity contribution in [3.8, 4) is 0 Å². The van der Waals surface area contributed by atoms with E-state index in [1.807, 2.05) is 11.3 Å². The van der Waals surface area contributed by atoms with E-state index in [4.69, 9.17) is 0 Å². The minimum atomic E-state index is 0.438. The Balaban J connectivity index is 1.96. The average Bonchev–Trinajstić information content (AvgIpc) is 2.89. The second kappa shape index (κ2) is 5.48. The Morgan fingerprint density at radius 2 is 2.21 bits per heavy atom. The lowest BCUT2D eigenvalue weighted by Crippen LogP contribution is -2.26. The molecule has 0 saturated heterocycles. The van der Waals surface area contributed by atoms with E-state index in [9.17, 15) is 0 Å². The predicted octanol–water partition coefficient (Wildman–Crippen LogP) is 4.44. The van der Waals surface area contributed by atoms with Gasteiger partial charge in [0.25, 0.3) is 0 Å². The van der Waals surface area contributed by atoms with Gasteiger partial charge in [0.2, 0.25) is 0 Å². The third-order valence-electron chi connectivity index (χ3n) is 4.21. The first-order chi connectivity index (χ1) is 9.29. The third-order valence-corrected chi connectivity index (χ3v) is 5.21. The minimum Gasteiger partial charge on any atom is -0.312 e. The standard InChI is InChI=1S/C17H21NS/c1-12-5-3-6-13(11-12)17(18-2)15-7-4-8-16-14(15)9-10-19-16/h3,5-6,9-11,15,17-18H,4,7-8H2,1-2H3. The van der Waals surface area contributed by atoms with Crippen LogP contribution >= 0.6 is 11.3 Å². The van der Waals surface area contributed by atoms with Gasteiger partial charge in [0.05, 0.1) is 0 Å². The quantitative estimate of drug-likeness (QED) is 0.870. The van der Waals surface area contributed by atoms with Crippen LogP contribution in [0.15, 0.2) is 35.7 Å². The first-order valence-corrected chi connectivity index (χ1v) is 7.97. The van der Waals surface area contributed by atoms with E-state index in [1.165, 1.54) is 30.4 Å². The summed E-state index contributed by atoms with van der Waals surface area (Å²) < 4.78 is 0. The van der Waals surface area contributed by atoms with Gasteiger partial charge in [-0.3, -0.25) is 0 Å². The molecule has 2 aromatic rings. The highest BCUT2D eigenvalue weighted by Gasteiger charge is 2.28. The van der Waals surface area contributed by atoms with E-state index in [0.717, 1.165) is 0 Å². The molecule has 1 heterocycles. The molecule has 1 N–H and O–H groups in total. The van der Waals surface area contributed by atoms with Gasteiger partial charge in [-0.25, -0.2) is 0 Å². The lowest BCUT2D eigenvalue weighted by molar-refractivity contribution is 0.428. The first-order valence-electron chi connectivity index (χ1n) is 7.09. The normalized spacial score (nSPS) is 20.0. The van der Waals surface area contributed by atoms with E-state index >= 15 is 0 Å². The Morgan fingerprint density at radius 1 is 1.32 bits per heavy atom. The largest absolute Gasteiger partial charge is 0.312 e. The monoisotopic (exact) mass is 271 g/mol. The van der Waals surface area contributed by atoms with Crippen LogP contribution in [0.3, 0.4) is 0 Å². The van der Waals surface area contributed by atoms with Crippen molar-refractivity contribution in [2.45, 2.75) is 38.1 Å². The van der Waals surface area contributed by atoms with Gasteiger partial charge in [-0.1, -0.05) is 29.8 Å². The second-order valence-corrected chi connectivity index (χ2v) is 6.48. The zero-order valence-electron chi connectivity index (χ0n) is 11.6. The molecule has 100 valence electrons. The summed E-state index contributed by atoms with van der Waals surface area (Å²) in [5, 5.41) is 5.81. The fourth-order valence-corrected chi connectivity index (χ4v) is 4.33. The third kappa shape index (κ3) is 2.47. The summed E-state index contributed by atoms with van der Waals surface area (Å²) in [6.45, 7) is 2.17. The first kappa shape index (κ1) is 12.9. The van der Waals surface area contributed by atoms with Crippen molar-refractivity contribution < 1.29 is 0 Å². The van der Waals surface area contributed by atoms with Crippen molar-refractivity contribution in [1.29, 1.82) is 0 Å². The Hall–Kier alpha value is -1.12. The highest BCUT2D eigenvalue weighted by atomic mass is 32.1. The van der Waals surface area contributed by atoms with Crippen molar-refractivity contribution in [3.63, 3.8) is 0 Å². The average molecular weight is 271 g/mol. The van der Waals surface area contributed by atoms with Crippen molar-refractivity contribution in [2.75, 3.05) is 7.05 Å². The molecule has 2 atom stereocenters. The maximum absolute atomic E-state index is 3.55. The minimum absolute atomic E-state index is 0.438. The molecule has 0 amide bonds. The van der Waals surface area contributed by atoms with Crippen molar-refractivity contribution in [1.82, 2.24) is 5.32 Å². The lowest BCUT2D eigenvalue weighted by Gasteiger charge is -2.31. The van der Waals surface area contributed by atoms with Gasteiger partial charge < -0.3 is 5.32 Å². The van der Waals surface area contributed by atoms with Crippen LogP contribution in [-0.2, 0) is 6.42 Å². The summed E-state index contributed by atoms with van der Waals surface area (Å²) in [7, 11) is 2.09. The molecule has 0 fully saturated rings. The van der Waals surface area contributed by atoms with Gasteiger partial charge in [-0.05, 0) is 55.8 Å². The number of fused-ring (bicyclic) bond motifs is 1. The van der Waals surface area contributed by atoms with Gasteiger partial charge in [0.1, 0.15) is 0 Å². The molecule has 1 aromatic carbocycles. The van der Waals surface area contributed by atoms with E-state index in [1.54, 1.807) is 10.4 Å². The van der Waals surface area contributed by atoms with Gasteiger partial charge in [0.15, 0.2) is 0 Å². The number of hydrogen-bond donors (Lipinski definition) is 1. The Kier molecular flexibility index (Phi) is 3.72. The maximum atomic E-state index is 3.55. The zero-order valence-corrected chi connectivity index (χ0v) is 12.5. The highest BCUT2D eigenvalue weighted by molar-refractivity contribution is 7.10. The lowest BCUT2D eigenvalue weighted by atomic mass is 9.80. The van der Waals surface area contributed by atoms with Gasteiger partial charge >= 0.3 is 0 Å². The van der Waals surface area contributed by atoms with Crippen LogP contribution in [0, 0.1) is 6.92 Å². The molecule has 2 heteroatoms. The number of aryl methyl sites for hydroxylation is 2. The summed E-state index contributed by atoms with van der Waals surface area (Å²) in [6.07, 6.45) is 3.89. The number of thiophene rings is 1. The number of likely N-dealkylation sites (N-methyl/N-ethyl adjacent to an activating group) is 1. The van der Waals surface area contributed by atoms with Crippen LogP contribution in [0.4, 0.5) is 0 Å². The summed E-state index contributed by atoms with van der Waals surface area (Å²) in [6, 6.07) is 11.7. The summed E-state index contributed by atoms with van der Waals surface area (Å²) in [4.78, 5) is 1.60. The Bertz CT molecular complexity index is 558. The van der Waals surface area contributed by atoms with Crippen molar-refractivity contribution in [2.24, 2.45) is 0 Å². The van der Waals surface area contributed by atoms with E-state index in [-0.39, 0.29) is 0 Å². The molecular formula is C17H21NS. The van der Waals surface area contributed by atoms with Crippen LogP contribution < -0.4 is 5.32 Å². The molecule has 1 aliphatic carbocycles. The van der Waals surface area contributed by atoms with Crippen LogP contribution in [0.2, 0.25) is 0 Å². The molecular weight excluding hydrogens is 250 g/mol. The van der Waals surface area contributed by atoms with Crippen LogP contribution in [0.25, 0.3) is 0 Å². The van der Waals surface area contributed by atoms with Gasteiger partial charge in [-0.15, -0.1) is 11.3 Å². The topological polar surface area (TPSA) is 12.0 Å². The molecule has 2 unspecified atom stereocenters. The molecule has 19 heavy (non-hydrogen) atoms. The van der Waals surface area contributed by atoms with Gasteiger partial charge in [-0.2, -0.15) is 0 Å². The van der Waals surface area contributed by atoms with Crippen molar-refractivity contribution in [3.05, 3.63) is 57.3 Å². The Morgan fingerprint density at radius 3 is 3.00 bits per heavy atom. The van der Waals surface area contributed by atoms with E-state index in [2.05, 4.69) is 55.0 Å². The number of rotatable bonds is 3. The van der Waals surface area contributed by atoms with Crippen LogP contribution in [0.1, 0.15) is 46.4 Å². The smallest absolute Gasteiger partial charge is 0.0387 e. The molecule has 0 bridgehead atoms. The highest BCUT2D eigenvalue weighted by Crippen LogP contribution is 2.42. The molecule has 0 spiro atoms. The zero-order chi connectivity index (χ0) is 13.2. The summed E-state index contributed by atoms with van der Waals surface area (Å²) in [5.74, 6) is 0.627. The maximum Gasteiger partial charge on any atom is 0.0387 e. The molecule has 3 rings (SSSR count). The number of hydrogen-bond acceptors (Lipinski definition) is 2. The molecule has 0 aliphatic heterocycles. The molecule has 0 saturated carbocycles. The summed E-state index contributed by atoms with van der Waals surface area (Å²) in [5.41, 5.74) is 4.35. The molecule has 0 radical (unpaired) electrons. The molecule has 1 aromatic heterocycles. The van der Waals surface area contributed by atoms with Crippen LogP contribution in [0.5, 0.6) is 0 Å².